The van der Waals surface area contributed by atoms with Crippen LogP contribution < -0.4 is 5.32 Å². The Morgan fingerprint density at radius 1 is 1.25 bits per heavy atom. The van der Waals surface area contributed by atoms with E-state index in [1.807, 2.05) is 24.3 Å². The summed E-state index contributed by atoms with van der Waals surface area (Å²) in [6.07, 6.45) is 0.522. The van der Waals surface area contributed by atoms with E-state index in [0.717, 1.165) is 23.7 Å². The molecule has 0 aromatic heterocycles. The van der Waals surface area contributed by atoms with Gasteiger partial charge in [0.2, 0.25) is 0 Å². The lowest BCUT2D eigenvalue weighted by molar-refractivity contribution is -0.137. The maximum Gasteiger partial charge on any atom is 0.317 e. The molecule has 1 aliphatic heterocycles. The quantitative estimate of drug-likeness (QED) is 0.771. The lowest BCUT2D eigenvalue weighted by Gasteiger charge is -2.38. The zero-order chi connectivity index (χ0) is 17.5. The van der Waals surface area contributed by atoms with E-state index in [1.165, 1.54) is 0 Å². The summed E-state index contributed by atoms with van der Waals surface area (Å²) >= 11 is 6.27. The molecule has 0 radical (unpaired) electrons. The molecule has 0 aliphatic carbocycles. The number of benzene rings is 1. The standard InChI is InChI=1S/C17H24ClN3O3/c1-13(14-5-2-3-6-15(14)18)20-9-11-21(12-10-20)17(24)19-8-4-7-16(22)23/h2-3,5-6,13H,4,7-12H2,1H3,(H,19,24)(H,22,23). The number of nitrogens with one attached hydrogen (secondary N) is 1. The Kier molecular flexibility index (Phi) is 6.87. The van der Waals surface area contributed by atoms with Crippen molar-refractivity contribution in [1.82, 2.24) is 15.1 Å². The first-order chi connectivity index (χ1) is 11.5. The summed E-state index contributed by atoms with van der Waals surface area (Å²) < 4.78 is 0. The summed E-state index contributed by atoms with van der Waals surface area (Å²) in [6.45, 7) is 5.40. The van der Waals surface area contributed by atoms with Crippen LogP contribution in [-0.2, 0) is 4.79 Å². The predicted molar refractivity (Wildman–Crippen MR) is 93.3 cm³/mol. The van der Waals surface area contributed by atoms with Gasteiger partial charge in [0.1, 0.15) is 0 Å². The fraction of sp³-hybridized carbons (Fsp3) is 0.529. The van der Waals surface area contributed by atoms with Crippen LogP contribution in [0.1, 0.15) is 31.4 Å². The molecule has 7 heteroatoms. The smallest absolute Gasteiger partial charge is 0.317 e. The molecule has 0 bridgehead atoms. The van der Waals surface area contributed by atoms with Gasteiger partial charge >= 0.3 is 12.0 Å². The Bertz CT molecular complexity index is 574. The highest BCUT2D eigenvalue weighted by Gasteiger charge is 2.25. The minimum Gasteiger partial charge on any atom is -0.481 e. The van der Waals surface area contributed by atoms with Crippen LogP contribution in [0.15, 0.2) is 24.3 Å². The van der Waals surface area contributed by atoms with Crippen LogP contribution in [0.2, 0.25) is 5.02 Å². The van der Waals surface area contributed by atoms with Crippen molar-refractivity contribution >= 4 is 23.6 Å². The third kappa shape index (κ3) is 5.11. The summed E-state index contributed by atoms with van der Waals surface area (Å²) in [5.41, 5.74) is 1.10. The predicted octanol–water partition coefficient (Wildman–Crippen LogP) is 2.59. The fourth-order valence-corrected chi connectivity index (χ4v) is 3.16. The second-order valence-corrected chi connectivity index (χ2v) is 6.36. The van der Waals surface area contributed by atoms with E-state index < -0.39 is 5.97 Å². The number of carboxylic acid groups (broad SMARTS) is 1. The molecule has 1 atom stereocenters. The number of carbonyl (C=O) groups excluding carboxylic acids is 1. The Morgan fingerprint density at radius 3 is 2.54 bits per heavy atom. The number of urea groups is 1. The summed E-state index contributed by atoms with van der Waals surface area (Å²) in [4.78, 5) is 26.6. The second kappa shape index (κ2) is 8.89. The van der Waals surface area contributed by atoms with Gasteiger partial charge in [0.05, 0.1) is 0 Å². The van der Waals surface area contributed by atoms with E-state index in [4.69, 9.17) is 16.7 Å². The van der Waals surface area contributed by atoms with Gasteiger partial charge in [0.15, 0.2) is 0 Å². The van der Waals surface area contributed by atoms with Crippen molar-refractivity contribution in [2.24, 2.45) is 0 Å². The van der Waals surface area contributed by atoms with E-state index >= 15 is 0 Å². The van der Waals surface area contributed by atoms with Gasteiger partial charge in [-0.05, 0) is 25.0 Å². The fourth-order valence-electron chi connectivity index (χ4n) is 2.87. The van der Waals surface area contributed by atoms with Gasteiger partial charge in [-0.1, -0.05) is 29.8 Å². The van der Waals surface area contributed by atoms with Crippen LogP contribution in [-0.4, -0.2) is 59.6 Å². The molecule has 132 valence electrons. The molecule has 2 N–H and O–H groups in total. The number of carboxylic acids is 1. The van der Waals surface area contributed by atoms with Gasteiger partial charge in [-0.3, -0.25) is 9.69 Å². The Balaban J connectivity index is 1.77. The molecular weight excluding hydrogens is 330 g/mol. The van der Waals surface area contributed by atoms with Gasteiger partial charge in [0, 0.05) is 50.2 Å². The first-order valence-electron chi connectivity index (χ1n) is 8.22. The van der Waals surface area contributed by atoms with Crippen molar-refractivity contribution in [3.63, 3.8) is 0 Å². The van der Waals surface area contributed by atoms with Crippen LogP contribution >= 0.6 is 11.6 Å². The van der Waals surface area contributed by atoms with Crippen molar-refractivity contribution in [3.8, 4) is 0 Å². The van der Waals surface area contributed by atoms with Crippen LogP contribution in [0.25, 0.3) is 0 Å². The number of hydrogen-bond donors (Lipinski definition) is 2. The van der Waals surface area contributed by atoms with Gasteiger partial charge < -0.3 is 15.3 Å². The molecule has 1 aromatic carbocycles. The average Bonchev–Trinajstić information content (AvgIpc) is 2.58. The molecule has 1 aromatic rings. The van der Waals surface area contributed by atoms with E-state index in [9.17, 15) is 9.59 Å². The molecular formula is C17H24ClN3O3. The van der Waals surface area contributed by atoms with Crippen molar-refractivity contribution in [2.75, 3.05) is 32.7 Å². The minimum atomic E-state index is -0.841. The van der Waals surface area contributed by atoms with Crippen LogP contribution in [0.4, 0.5) is 4.79 Å². The highest BCUT2D eigenvalue weighted by Crippen LogP contribution is 2.27. The number of nitrogens with zero attached hydrogens (tertiary/aromatic N) is 2. The van der Waals surface area contributed by atoms with Crippen molar-refractivity contribution in [3.05, 3.63) is 34.9 Å². The van der Waals surface area contributed by atoms with Crippen LogP contribution in [0.5, 0.6) is 0 Å². The molecule has 1 aliphatic rings. The number of rotatable bonds is 6. The van der Waals surface area contributed by atoms with Crippen molar-refractivity contribution in [2.45, 2.75) is 25.8 Å². The molecule has 6 nitrogen and oxygen atoms in total. The van der Waals surface area contributed by atoms with Crippen LogP contribution in [0, 0.1) is 0 Å². The molecule has 1 fully saturated rings. The molecule has 24 heavy (non-hydrogen) atoms. The zero-order valence-electron chi connectivity index (χ0n) is 13.9. The van der Waals surface area contributed by atoms with E-state index in [2.05, 4.69) is 17.1 Å². The Morgan fingerprint density at radius 2 is 1.92 bits per heavy atom. The molecule has 1 saturated heterocycles. The van der Waals surface area contributed by atoms with Gasteiger partial charge in [-0.15, -0.1) is 0 Å². The third-order valence-corrected chi connectivity index (χ3v) is 4.69. The number of hydrogen-bond acceptors (Lipinski definition) is 3. The lowest BCUT2D eigenvalue weighted by atomic mass is 10.1. The molecule has 0 spiro atoms. The lowest BCUT2D eigenvalue weighted by Crippen LogP contribution is -2.52. The first-order valence-corrected chi connectivity index (χ1v) is 8.60. The summed E-state index contributed by atoms with van der Waals surface area (Å²) in [7, 11) is 0. The normalized spacial score (nSPS) is 16.7. The Labute approximate surface area is 147 Å². The molecule has 2 amide bonds. The highest BCUT2D eigenvalue weighted by molar-refractivity contribution is 6.31. The minimum absolute atomic E-state index is 0.0728. The second-order valence-electron chi connectivity index (χ2n) is 5.95. The van der Waals surface area contributed by atoms with Gasteiger partial charge in [0.25, 0.3) is 0 Å². The highest BCUT2D eigenvalue weighted by atomic mass is 35.5. The average molecular weight is 354 g/mol. The van der Waals surface area contributed by atoms with Gasteiger partial charge in [-0.2, -0.15) is 0 Å². The Hall–Kier alpha value is -1.79. The summed E-state index contributed by atoms with van der Waals surface area (Å²) in [6, 6.07) is 7.93. The molecule has 1 unspecified atom stereocenters. The topological polar surface area (TPSA) is 72.9 Å². The number of amides is 2. The first kappa shape index (κ1) is 18.5. The van der Waals surface area contributed by atoms with E-state index in [-0.39, 0.29) is 18.5 Å². The van der Waals surface area contributed by atoms with Crippen LogP contribution in [0.3, 0.4) is 0 Å². The number of piperazine rings is 1. The number of carbonyl (C=O) groups is 2. The summed E-state index contributed by atoms with van der Waals surface area (Å²) in [5, 5.41) is 12.1. The number of halogens is 1. The van der Waals surface area contributed by atoms with Gasteiger partial charge in [-0.25, -0.2) is 4.79 Å². The van der Waals surface area contributed by atoms with E-state index in [1.54, 1.807) is 4.90 Å². The largest absolute Gasteiger partial charge is 0.481 e. The molecule has 0 saturated carbocycles. The third-order valence-electron chi connectivity index (χ3n) is 4.35. The molecule has 2 rings (SSSR count). The zero-order valence-corrected chi connectivity index (χ0v) is 14.6. The van der Waals surface area contributed by atoms with E-state index in [0.29, 0.717) is 26.1 Å². The molecule has 1 heterocycles. The maximum atomic E-state index is 12.1. The SMILES string of the molecule is CC(c1ccccc1Cl)N1CCN(C(=O)NCCCC(=O)O)CC1. The summed E-state index contributed by atoms with van der Waals surface area (Å²) in [5.74, 6) is -0.841. The monoisotopic (exact) mass is 353 g/mol. The van der Waals surface area contributed by atoms with Crippen molar-refractivity contribution in [1.29, 1.82) is 0 Å². The maximum absolute atomic E-state index is 12.1. The number of aliphatic carboxylic acids is 1. The van der Waals surface area contributed by atoms with Crippen molar-refractivity contribution < 1.29 is 14.7 Å².